The van der Waals surface area contributed by atoms with Gasteiger partial charge in [-0.1, -0.05) is 41.4 Å². The number of fused-ring (bicyclic) bond motifs is 3. The molecular weight excluding hydrogens is 518 g/mol. The Morgan fingerprint density at radius 2 is 1.95 bits per heavy atom. The monoisotopic (exact) mass is 544 g/mol. The standard InChI is InChI=1S/C27H27Cl2FN4O3/c1-27(2,3)36-26(35)37-33-14-18-13-19(28)11-12-22(18)34-23(15-33)31-32-25(34)17-9-7-16(8-10-17)20-5-4-6-21(30)24(20)29/h4-7,11-13,17H,8-10,14-15H2,1-3H3. The van der Waals surface area contributed by atoms with Crippen LogP contribution < -0.4 is 0 Å². The van der Waals surface area contributed by atoms with E-state index in [1.165, 1.54) is 11.1 Å². The minimum absolute atomic E-state index is 0.0965. The lowest BCUT2D eigenvalue weighted by atomic mass is 9.86. The number of carbonyl (C=O) groups excluding carboxylic acids is 1. The highest BCUT2D eigenvalue weighted by molar-refractivity contribution is 6.32. The van der Waals surface area contributed by atoms with Gasteiger partial charge in [0.25, 0.3) is 0 Å². The van der Waals surface area contributed by atoms with Crippen LogP contribution in [0.3, 0.4) is 0 Å². The zero-order chi connectivity index (χ0) is 26.3. The molecule has 0 N–H and O–H groups in total. The first-order chi connectivity index (χ1) is 17.6. The van der Waals surface area contributed by atoms with Gasteiger partial charge in [0.05, 0.1) is 23.8 Å². The van der Waals surface area contributed by atoms with E-state index in [1.807, 2.05) is 28.8 Å². The Kier molecular flexibility index (Phi) is 7.00. The van der Waals surface area contributed by atoms with Crippen LogP contribution >= 0.6 is 23.2 Å². The van der Waals surface area contributed by atoms with Crippen LogP contribution in [0.15, 0.2) is 42.5 Å². The molecule has 0 saturated carbocycles. The van der Waals surface area contributed by atoms with Gasteiger partial charge in [0.15, 0.2) is 5.82 Å². The molecule has 194 valence electrons. The Bertz CT molecular complexity index is 1380. The van der Waals surface area contributed by atoms with Crippen molar-refractivity contribution in [2.24, 2.45) is 0 Å². The number of hydrogen-bond acceptors (Lipinski definition) is 6. The Labute approximate surface area is 224 Å². The van der Waals surface area contributed by atoms with Crippen LogP contribution in [0.4, 0.5) is 9.18 Å². The third-order valence-electron chi connectivity index (χ3n) is 6.37. The highest BCUT2D eigenvalue weighted by Crippen LogP contribution is 2.40. The van der Waals surface area contributed by atoms with Gasteiger partial charge in [-0.15, -0.1) is 15.3 Å². The normalized spacial score (nSPS) is 17.9. The Morgan fingerprint density at radius 3 is 2.68 bits per heavy atom. The number of carbonyl (C=O) groups is 1. The first kappa shape index (κ1) is 25.7. The summed E-state index contributed by atoms with van der Waals surface area (Å²) in [5, 5.41) is 11.2. The van der Waals surface area contributed by atoms with Crippen molar-refractivity contribution in [2.45, 2.75) is 64.6 Å². The summed E-state index contributed by atoms with van der Waals surface area (Å²) < 4.78 is 21.4. The number of hydrogen-bond donors (Lipinski definition) is 0. The van der Waals surface area contributed by atoms with Crippen molar-refractivity contribution in [1.29, 1.82) is 0 Å². The molecular formula is C27H27Cl2FN4O3. The topological polar surface area (TPSA) is 69.5 Å². The van der Waals surface area contributed by atoms with Crippen molar-refractivity contribution in [3.63, 3.8) is 0 Å². The molecule has 2 aromatic carbocycles. The zero-order valence-electron chi connectivity index (χ0n) is 20.8. The number of allylic oxidation sites excluding steroid dienone is 2. The van der Waals surface area contributed by atoms with Gasteiger partial charge in [-0.05, 0) is 81.0 Å². The summed E-state index contributed by atoms with van der Waals surface area (Å²) in [7, 11) is 0. The molecule has 2 heterocycles. The maximum atomic E-state index is 14.0. The lowest BCUT2D eigenvalue weighted by Crippen LogP contribution is -2.31. The summed E-state index contributed by atoms with van der Waals surface area (Å²) >= 11 is 12.5. The van der Waals surface area contributed by atoms with Crippen LogP contribution in [0.25, 0.3) is 11.3 Å². The van der Waals surface area contributed by atoms with Crippen LogP contribution in [0, 0.1) is 5.82 Å². The SMILES string of the molecule is CC(C)(C)OC(=O)ON1Cc2cc(Cl)ccc2-n2c(nnc2C2CC=C(c3cccc(F)c3Cl)CC2)C1. The molecule has 0 spiro atoms. The number of aromatic nitrogens is 3. The molecule has 1 aromatic heterocycles. The lowest BCUT2D eigenvalue weighted by Gasteiger charge is -2.23. The quantitative estimate of drug-likeness (QED) is 0.323. The third-order valence-corrected chi connectivity index (χ3v) is 6.99. The number of benzene rings is 2. The number of rotatable bonds is 3. The summed E-state index contributed by atoms with van der Waals surface area (Å²) in [6.07, 6.45) is 3.56. The van der Waals surface area contributed by atoms with Gasteiger partial charge in [0.1, 0.15) is 17.2 Å². The molecule has 1 aliphatic carbocycles. The summed E-state index contributed by atoms with van der Waals surface area (Å²) in [5.41, 5.74) is 2.84. The predicted molar refractivity (Wildman–Crippen MR) is 139 cm³/mol. The summed E-state index contributed by atoms with van der Waals surface area (Å²) in [6.45, 7) is 5.87. The van der Waals surface area contributed by atoms with Gasteiger partial charge < -0.3 is 9.57 Å². The van der Waals surface area contributed by atoms with Crippen LogP contribution in [0.1, 0.15) is 68.7 Å². The molecule has 2 aliphatic rings. The van der Waals surface area contributed by atoms with E-state index in [4.69, 9.17) is 32.8 Å². The van der Waals surface area contributed by atoms with Gasteiger partial charge in [-0.3, -0.25) is 4.57 Å². The molecule has 0 amide bonds. The van der Waals surface area contributed by atoms with Crippen molar-refractivity contribution < 1.29 is 18.8 Å². The number of nitrogens with zero attached hydrogens (tertiary/aromatic N) is 4. The first-order valence-corrected chi connectivity index (χ1v) is 12.9. The number of halogens is 3. The van der Waals surface area contributed by atoms with Crippen molar-refractivity contribution in [1.82, 2.24) is 19.8 Å². The molecule has 5 rings (SSSR count). The molecule has 10 heteroatoms. The van der Waals surface area contributed by atoms with Crippen molar-refractivity contribution in [3.8, 4) is 5.69 Å². The molecule has 0 fully saturated rings. The fourth-order valence-corrected chi connectivity index (χ4v) is 5.21. The van der Waals surface area contributed by atoms with Gasteiger partial charge in [0, 0.05) is 10.9 Å². The molecule has 0 bridgehead atoms. The summed E-state index contributed by atoms with van der Waals surface area (Å²) in [5.74, 6) is 1.14. The fourth-order valence-electron chi connectivity index (χ4n) is 4.77. The first-order valence-electron chi connectivity index (χ1n) is 12.1. The van der Waals surface area contributed by atoms with E-state index in [-0.39, 0.29) is 17.5 Å². The van der Waals surface area contributed by atoms with Crippen LogP contribution in [0.2, 0.25) is 10.0 Å². The van der Waals surface area contributed by atoms with Gasteiger partial charge in [-0.25, -0.2) is 9.18 Å². The molecule has 7 nitrogen and oxygen atoms in total. The zero-order valence-corrected chi connectivity index (χ0v) is 22.3. The average molecular weight is 545 g/mol. The number of ether oxygens (including phenoxy) is 1. The Hall–Kier alpha value is -2.94. The predicted octanol–water partition coefficient (Wildman–Crippen LogP) is 7.25. The van der Waals surface area contributed by atoms with E-state index in [9.17, 15) is 9.18 Å². The molecule has 1 unspecified atom stereocenters. The second-order valence-corrected chi connectivity index (χ2v) is 11.1. The average Bonchev–Trinajstić information content (AvgIpc) is 3.16. The minimum Gasteiger partial charge on any atom is -0.427 e. The molecule has 37 heavy (non-hydrogen) atoms. The number of hydroxylamine groups is 2. The summed E-state index contributed by atoms with van der Waals surface area (Å²) in [6, 6.07) is 10.5. The maximum absolute atomic E-state index is 14.0. The van der Waals surface area contributed by atoms with Crippen LogP contribution in [-0.2, 0) is 22.7 Å². The van der Waals surface area contributed by atoms with Gasteiger partial charge >= 0.3 is 6.16 Å². The largest absolute Gasteiger partial charge is 0.528 e. The van der Waals surface area contributed by atoms with E-state index in [0.717, 1.165) is 41.1 Å². The Morgan fingerprint density at radius 1 is 1.14 bits per heavy atom. The minimum atomic E-state index is -0.787. The van der Waals surface area contributed by atoms with Gasteiger partial charge in [0.2, 0.25) is 0 Å². The molecule has 1 atom stereocenters. The summed E-state index contributed by atoms with van der Waals surface area (Å²) in [4.78, 5) is 17.9. The Balaban J connectivity index is 1.45. The fraction of sp³-hybridized carbons (Fsp3) is 0.370. The van der Waals surface area contributed by atoms with E-state index in [2.05, 4.69) is 16.3 Å². The maximum Gasteiger partial charge on any atom is 0.528 e. The van der Waals surface area contributed by atoms with Crippen molar-refractivity contribution in [2.75, 3.05) is 0 Å². The molecule has 1 aliphatic heterocycles. The van der Waals surface area contributed by atoms with Crippen molar-refractivity contribution >= 4 is 34.9 Å². The van der Waals surface area contributed by atoms with E-state index >= 15 is 0 Å². The highest BCUT2D eigenvalue weighted by Gasteiger charge is 2.31. The third kappa shape index (κ3) is 5.51. The molecule has 0 saturated heterocycles. The lowest BCUT2D eigenvalue weighted by molar-refractivity contribution is -0.155. The van der Waals surface area contributed by atoms with E-state index < -0.39 is 17.6 Å². The van der Waals surface area contributed by atoms with Crippen LogP contribution in [0.5, 0.6) is 0 Å². The van der Waals surface area contributed by atoms with E-state index in [0.29, 0.717) is 23.8 Å². The van der Waals surface area contributed by atoms with Crippen molar-refractivity contribution in [3.05, 3.63) is 81.1 Å². The van der Waals surface area contributed by atoms with E-state index in [1.54, 1.807) is 26.8 Å². The molecule has 0 radical (unpaired) electrons. The second kappa shape index (κ2) is 10.1. The molecule has 3 aromatic rings. The highest BCUT2D eigenvalue weighted by atomic mass is 35.5. The van der Waals surface area contributed by atoms with Crippen LogP contribution in [-0.4, -0.2) is 31.6 Å². The van der Waals surface area contributed by atoms with Gasteiger partial charge in [-0.2, -0.15) is 0 Å². The smallest absolute Gasteiger partial charge is 0.427 e. The second-order valence-electron chi connectivity index (χ2n) is 10.2.